The third-order valence-electron chi connectivity index (χ3n) is 1.32. The second-order valence-corrected chi connectivity index (χ2v) is 3.35. The highest BCUT2D eigenvalue weighted by Gasteiger charge is 1.85. The zero-order valence-corrected chi connectivity index (χ0v) is 8.82. The van der Waals surface area contributed by atoms with Crippen LogP contribution in [0.5, 0.6) is 0 Å². The van der Waals surface area contributed by atoms with Crippen molar-refractivity contribution >= 4 is 15.4 Å². The van der Waals surface area contributed by atoms with Crippen LogP contribution in [-0.4, -0.2) is 10.2 Å². The molecule has 0 radical (unpaired) electrons. The van der Waals surface area contributed by atoms with Crippen molar-refractivity contribution in [3.63, 3.8) is 0 Å². The lowest BCUT2D eigenvalue weighted by molar-refractivity contribution is 1.07. The SMILES string of the molecule is F.F.F.NCc1cccc([SiH3])c1. The van der Waals surface area contributed by atoms with Crippen LogP contribution < -0.4 is 10.9 Å². The summed E-state index contributed by atoms with van der Waals surface area (Å²) in [5, 5.41) is 1.41. The van der Waals surface area contributed by atoms with Crippen LogP contribution in [0.1, 0.15) is 5.56 Å². The van der Waals surface area contributed by atoms with Crippen molar-refractivity contribution in [1.29, 1.82) is 0 Å². The van der Waals surface area contributed by atoms with Gasteiger partial charge in [0.05, 0.1) is 0 Å². The molecule has 0 unspecified atom stereocenters. The molecule has 0 amide bonds. The average Bonchev–Trinajstić information content (AvgIpc) is 1.88. The van der Waals surface area contributed by atoms with E-state index in [2.05, 4.69) is 24.3 Å². The van der Waals surface area contributed by atoms with Crippen molar-refractivity contribution in [2.45, 2.75) is 6.54 Å². The molecule has 0 aliphatic rings. The van der Waals surface area contributed by atoms with E-state index in [0.717, 1.165) is 10.2 Å². The molecular weight excluding hydrogens is 183 g/mol. The van der Waals surface area contributed by atoms with E-state index in [9.17, 15) is 0 Å². The second kappa shape index (κ2) is 8.29. The van der Waals surface area contributed by atoms with E-state index in [4.69, 9.17) is 5.73 Å². The van der Waals surface area contributed by atoms with Crippen LogP contribution in [-0.2, 0) is 6.54 Å². The fourth-order valence-corrected chi connectivity index (χ4v) is 1.40. The van der Waals surface area contributed by atoms with Gasteiger partial charge in [0.15, 0.2) is 0 Å². The summed E-state index contributed by atoms with van der Waals surface area (Å²) >= 11 is 0. The summed E-state index contributed by atoms with van der Waals surface area (Å²) in [6, 6.07) is 8.41. The lowest BCUT2D eigenvalue weighted by Gasteiger charge is -1.95. The number of halogens is 3. The standard InChI is InChI=1S/C7H11NSi.3FH/c8-5-6-2-1-3-7(9)4-6;;;/h1-4H,5,8H2,9H3;3*1H. The Morgan fingerprint density at radius 2 is 1.75 bits per heavy atom. The first kappa shape index (κ1) is 17.3. The fourth-order valence-electron chi connectivity index (χ4n) is 0.839. The molecule has 0 aromatic heterocycles. The molecule has 1 aromatic carbocycles. The molecule has 1 rings (SSSR count). The third kappa shape index (κ3) is 4.92. The molecule has 1 nitrogen and oxygen atoms in total. The highest BCUT2D eigenvalue weighted by atomic mass is 28.1. The molecule has 0 fully saturated rings. The lowest BCUT2D eigenvalue weighted by Crippen LogP contribution is -2.05. The topological polar surface area (TPSA) is 26.0 Å². The Labute approximate surface area is 72.5 Å². The molecule has 0 bridgehead atoms. The van der Waals surface area contributed by atoms with E-state index in [1.807, 2.05) is 0 Å². The minimum Gasteiger partial charge on any atom is -0.326 e. The van der Waals surface area contributed by atoms with Crippen molar-refractivity contribution in [3.8, 4) is 0 Å². The highest BCUT2D eigenvalue weighted by molar-refractivity contribution is 6.32. The summed E-state index contributed by atoms with van der Waals surface area (Å²) in [4.78, 5) is 0. The Bertz CT molecular complexity index is 208. The van der Waals surface area contributed by atoms with Gasteiger partial charge in [0.2, 0.25) is 0 Å². The minimum atomic E-state index is 0. The quantitative estimate of drug-likeness (QED) is 0.609. The molecular formula is C7H14F3NSi. The minimum absolute atomic E-state index is 0. The lowest BCUT2D eigenvalue weighted by atomic mass is 10.2. The highest BCUT2D eigenvalue weighted by Crippen LogP contribution is 1.91. The molecule has 0 spiro atoms. The van der Waals surface area contributed by atoms with Gasteiger partial charge in [-0.15, -0.1) is 0 Å². The smallest absolute Gasteiger partial charge is 0.0385 e. The first-order valence-corrected chi connectivity index (χ1v) is 4.08. The van der Waals surface area contributed by atoms with Crippen LogP contribution >= 0.6 is 0 Å². The normalized spacial score (nSPS) is 7.42. The summed E-state index contributed by atoms with van der Waals surface area (Å²) in [5.74, 6) is 0. The van der Waals surface area contributed by atoms with Crippen molar-refractivity contribution in [3.05, 3.63) is 29.8 Å². The van der Waals surface area contributed by atoms with Crippen LogP contribution in [0.4, 0.5) is 14.1 Å². The number of hydrogen-bond acceptors (Lipinski definition) is 1. The summed E-state index contributed by atoms with van der Waals surface area (Å²) < 4.78 is 0. The van der Waals surface area contributed by atoms with E-state index in [1.54, 1.807) is 0 Å². The molecule has 0 aliphatic carbocycles. The predicted molar refractivity (Wildman–Crippen MR) is 51.4 cm³/mol. The Morgan fingerprint density at radius 1 is 1.17 bits per heavy atom. The van der Waals surface area contributed by atoms with E-state index in [1.165, 1.54) is 10.8 Å². The summed E-state index contributed by atoms with van der Waals surface area (Å²) in [7, 11) is 1.12. The Kier molecular flexibility index (Phi) is 12.0. The molecule has 0 atom stereocenters. The number of hydrogen-bond donors (Lipinski definition) is 1. The molecule has 2 N–H and O–H groups in total. The molecule has 72 valence electrons. The summed E-state index contributed by atoms with van der Waals surface area (Å²) in [6.07, 6.45) is 0. The fraction of sp³-hybridized carbons (Fsp3) is 0.143. The van der Waals surface area contributed by atoms with Crippen LogP contribution in [0.2, 0.25) is 0 Å². The molecule has 0 saturated carbocycles. The van der Waals surface area contributed by atoms with Gasteiger partial charge in [-0.3, -0.25) is 14.1 Å². The first-order valence-electron chi connectivity index (χ1n) is 3.08. The van der Waals surface area contributed by atoms with Crippen molar-refractivity contribution in [2.24, 2.45) is 5.73 Å². The maximum absolute atomic E-state index is 5.43. The molecule has 5 heteroatoms. The average molecular weight is 197 g/mol. The van der Waals surface area contributed by atoms with E-state index >= 15 is 0 Å². The molecule has 0 heterocycles. The monoisotopic (exact) mass is 197 g/mol. The maximum atomic E-state index is 5.43. The van der Waals surface area contributed by atoms with Crippen LogP contribution in [0.3, 0.4) is 0 Å². The Hall–Kier alpha value is -0.813. The summed E-state index contributed by atoms with van der Waals surface area (Å²) in [6.45, 7) is 0.663. The molecule has 12 heavy (non-hydrogen) atoms. The van der Waals surface area contributed by atoms with Gasteiger partial charge in [0, 0.05) is 16.8 Å². The van der Waals surface area contributed by atoms with Gasteiger partial charge >= 0.3 is 0 Å². The second-order valence-electron chi connectivity index (χ2n) is 2.19. The van der Waals surface area contributed by atoms with Crippen molar-refractivity contribution < 1.29 is 14.1 Å². The molecule has 1 aromatic rings. The maximum Gasteiger partial charge on any atom is 0.0385 e. The van der Waals surface area contributed by atoms with Gasteiger partial charge in [0.25, 0.3) is 0 Å². The van der Waals surface area contributed by atoms with Crippen molar-refractivity contribution in [1.82, 2.24) is 0 Å². The number of benzene rings is 1. The van der Waals surface area contributed by atoms with Crippen LogP contribution in [0.25, 0.3) is 0 Å². The number of rotatable bonds is 1. The third-order valence-corrected chi connectivity index (χ3v) is 1.94. The Morgan fingerprint density at radius 3 is 2.08 bits per heavy atom. The Balaban J connectivity index is -0.000000270. The van der Waals surface area contributed by atoms with E-state index < -0.39 is 0 Å². The predicted octanol–water partition coefficient (Wildman–Crippen LogP) is -0.406. The molecule has 0 saturated heterocycles. The van der Waals surface area contributed by atoms with Gasteiger partial charge < -0.3 is 5.73 Å². The molecule has 0 aliphatic heterocycles. The largest absolute Gasteiger partial charge is 0.326 e. The van der Waals surface area contributed by atoms with E-state index in [-0.39, 0.29) is 14.1 Å². The first-order chi connectivity index (χ1) is 4.33. The van der Waals surface area contributed by atoms with Crippen LogP contribution in [0, 0.1) is 0 Å². The van der Waals surface area contributed by atoms with Gasteiger partial charge in [-0.2, -0.15) is 0 Å². The van der Waals surface area contributed by atoms with Gasteiger partial charge in [-0.25, -0.2) is 0 Å². The van der Waals surface area contributed by atoms with Gasteiger partial charge in [0.1, 0.15) is 0 Å². The zero-order valence-electron chi connectivity index (χ0n) is 6.82. The summed E-state index contributed by atoms with van der Waals surface area (Å²) in [5.41, 5.74) is 6.67. The van der Waals surface area contributed by atoms with Gasteiger partial charge in [-0.1, -0.05) is 29.5 Å². The number of nitrogens with two attached hydrogens (primary N) is 1. The van der Waals surface area contributed by atoms with E-state index in [0.29, 0.717) is 6.54 Å². The van der Waals surface area contributed by atoms with Crippen LogP contribution in [0.15, 0.2) is 24.3 Å². The van der Waals surface area contributed by atoms with Gasteiger partial charge in [-0.05, 0) is 5.56 Å². The van der Waals surface area contributed by atoms with Crippen molar-refractivity contribution in [2.75, 3.05) is 0 Å². The zero-order chi connectivity index (χ0) is 6.69.